The molecular weight excluding hydrogens is 236 g/mol. The Morgan fingerprint density at radius 2 is 2.41 bits per heavy atom. The second kappa shape index (κ2) is 6.61. The highest BCUT2D eigenvalue weighted by atomic mass is 32.1. The molecule has 94 valence electrons. The first kappa shape index (κ1) is 12.4. The van der Waals surface area contributed by atoms with Gasteiger partial charge in [-0.3, -0.25) is 0 Å². The lowest BCUT2D eigenvalue weighted by molar-refractivity contribution is 0.105. The Balaban J connectivity index is 1.42. The number of hydrogen-bond acceptors (Lipinski definition) is 3. The van der Waals surface area contributed by atoms with Crippen LogP contribution in [0.3, 0.4) is 0 Å². The van der Waals surface area contributed by atoms with Crippen molar-refractivity contribution in [1.82, 2.24) is 10.6 Å². The van der Waals surface area contributed by atoms with Crippen LogP contribution in [0.5, 0.6) is 0 Å². The first-order valence-electron chi connectivity index (χ1n) is 5.99. The van der Waals surface area contributed by atoms with Gasteiger partial charge in [0.2, 0.25) is 0 Å². The van der Waals surface area contributed by atoms with Crippen molar-refractivity contribution in [1.29, 1.82) is 0 Å². The van der Waals surface area contributed by atoms with Crippen LogP contribution in [0.2, 0.25) is 0 Å². The Kier molecular flexibility index (Phi) is 4.82. The summed E-state index contributed by atoms with van der Waals surface area (Å²) in [6.07, 6.45) is 5.08. The lowest BCUT2D eigenvalue weighted by atomic mass is 10.4. The van der Waals surface area contributed by atoms with Crippen molar-refractivity contribution >= 4 is 17.3 Å². The minimum Gasteiger partial charge on any atom is -0.467 e. The van der Waals surface area contributed by atoms with Crippen molar-refractivity contribution in [3.8, 4) is 0 Å². The van der Waals surface area contributed by atoms with Gasteiger partial charge >= 0.3 is 0 Å². The Morgan fingerprint density at radius 3 is 3.12 bits per heavy atom. The van der Waals surface area contributed by atoms with Gasteiger partial charge < -0.3 is 19.8 Å². The van der Waals surface area contributed by atoms with E-state index >= 15 is 0 Å². The van der Waals surface area contributed by atoms with Crippen LogP contribution in [0.1, 0.15) is 25.0 Å². The van der Waals surface area contributed by atoms with Crippen LogP contribution in [0.15, 0.2) is 22.8 Å². The van der Waals surface area contributed by atoms with Crippen LogP contribution in [0, 0.1) is 0 Å². The van der Waals surface area contributed by atoms with E-state index in [0.717, 1.165) is 23.8 Å². The fourth-order valence-corrected chi connectivity index (χ4v) is 1.68. The zero-order valence-electron chi connectivity index (χ0n) is 9.78. The maximum absolute atomic E-state index is 5.46. The molecule has 1 aliphatic carbocycles. The summed E-state index contributed by atoms with van der Waals surface area (Å²) in [5.74, 6) is 0.865. The van der Waals surface area contributed by atoms with E-state index < -0.39 is 0 Å². The molecule has 4 nitrogen and oxygen atoms in total. The molecule has 1 aromatic rings. The molecule has 0 amide bonds. The van der Waals surface area contributed by atoms with Gasteiger partial charge in [0, 0.05) is 19.2 Å². The van der Waals surface area contributed by atoms with Crippen molar-refractivity contribution in [2.24, 2.45) is 0 Å². The smallest absolute Gasteiger partial charge is 0.166 e. The van der Waals surface area contributed by atoms with Crippen LogP contribution in [0.25, 0.3) is 0 Å². The molecular formula is C12H18N2O2S. The zero-order chi connectivity index (χ0) is 11.9. The molecule has 0 aliphatic heterocycles. The quantitative estimate of drug-likeness (QED) is 0.574. The summed E-state index contributed by atoms with van der Waals surface area (Å²) in [4.78, 5) is 0. The monoisotopic (exact) mass is 254 g/mol. The highest BCUT2D eigenvalue weighted by Gasteiger charge is 2.21. The number of ether oxygens (including phenoxy) is 1. The van der Waals surface area contributed by atoms with E-state index in [4.69, 9.17) is 21.4 Å². The summed E-state index contributed by atoms with van der Waals surface area (Å²) in [7, 11) is 0. The third-order valence-corrected chi connectivity index (χ3v) is 2.75. The Bertz CT molecular complexity index is 336. The van der Waals surface area contributed by atoms with Crippen molar-refractivity contribution in [3.63, 3.8) is 0 Å². The normalized spacial score (nSPS) is 14.6. The Labute approximate surface area is 107 Å². The second-order valence-corrected chi connectivity index (χ2v) is 4.57. The number of thiocarbonyl (C=S) groups is 1. The molecule has 1 heterocycles. The molecule has 1 aliphatic rings. The minimum atomic E-state index is 0.539. The lowest BCUT2D eigenvalue weighted by Gasteiger charge is -2.09. The van der Waals surface area contributed by atoms with Gasteiger partial charge in [0.25, 0.3) is 0 Å². The largest absolute Gasteiger partial charge is 0.467 e. The molecule has 1 aromatic heterocycles. The fourth-order valence-electron chi connectivity index (χ4n) is 1.41. The lowest BCUT2D eigenvalue weighted by Crippen LogP contribution is -2.37. The molecule has 1 saturated carbocycles. The maximum atomic E-state index is 5.46. The SMILES string of the molecule is S=C(NCCCOCc1ccco1)NC1CC1. The van der Waals surface area contributed by atoms with E-state index in [0.29, 0.717) is 19.3 Å². The Hall–Kier alpha value is -1.07. The van der Waals surface area contributed by atoms with Crippen molar-refractivity contribution in [2.75, 3.05) is 13.2 Å². The van der Waals surface area contributed by atoms with E-state index in [9.17, 15) is 0 Å². The Morgan fingerprint density at radius 1 is 1.53 bits per heavy atom. The van der Waals surface area contributed by atoms with Gasteiger partial charge in [0.05, 0.1) is 6.26 Å². The van der Waals surface area contributed by atoms with Gasteiger partial charge in [-0.15, -0.1) is 0 Å². The number of nitrogens with one attached hydrogen (secondary N) is 2. The molecule has 0 saturated heterocycles. The molecule has 0 spiro atoms. The standard InChI is InChI=1S/C12H18N2O2S/c17-12(14-10-4-5-10)13-6-2-7-15-9-11-3-1-8-16-11/h1,3,8,10H,2,4-7,9H2,(H2,13,14,17). The summed E-state index contributed by atoms with van der Waals surface area (Å²) in [6.45, 7) is 2.09. The summed E-state index contributed by atoms with van der Waals surface area (Å²) >= 11 is 5.14. The van der Waals surface area contributed by atoms with Gasteiger partial charge in [-0.2, -0.15) is 0 Å². The maximum Gasteiger partial charge on any atom is 0.166 e. The second-order valence-electron chi connectivity index (χ2n) is 4.16. The predicted octanol–water partition coefficient (Wildman–Crippen LogP) is 1.81. The highest BCUT2D eigenvalue weighted by molar-refractivity contribution is 7.80. The summed E-state index contributed by atoms with van der Waals surface area (Å²) < 4.78 is 10.6. The fraction of sp³-hybridized carbons (Fsp3) is 0.583. The minimum absolute atomic E-state index is 0.539. The van der Waals surface area contributed by atoms with E-state index in [-0.39, 0.29) is 0 Å². The first-order valence-corrected chi connectivity index (χ1v) is 6.40. The highest BCUT2D eigenvalue weighted by Crippen LogP contribution is 2.18. The third kappa shape index (κ3) is 5.19. The molecule has 0 aromatic carbocycles. The molecule has 0 unspecified atom stereocenters. The van der Waals surface area contributed by atoms with E-state index in [1.54, 1.807) is 6.26 Å². The van der Waals surface area contributed by atoms with Crippen LogP contribution >= 0.6 is 12.2 Å². The predicted molar refractivity (Wildman–Crippen MR) is 69.7 cm³/mol. The van der Waals surface area contributed by atoms with Gasteiger partial charge in [-0.1, -0.05) is 0 Å². The molecule has 5 heteroatoms. The molecule has 2 N–H and O–H groups in total. The number of furan rings is 1. The first-order chi connectivity index (χ1) is 8.34. The van der Waals surface area contributed by atoms with Gasteiger partial charge in [0.15, 0.2) is 5.11 Å². The number of rotatable bonds is 7. The van der Waals surface area contributed by atoms with Crippen LogP contribution in [-0.4, -0.2) is 24.3 Å². The van der Waals surface area contributed by atoms with Crippen molar-refractivity contribution in [2.45, 2.75) is 31.9 Å². The summed E-state index contributed by atoms with van der Waals surface area (Å²) in [6, 6.07) is 4.39. The van der Waals surface area contributed by atoms with Gasteiger partial charge in [0.1, 0.15) is 12.4 Å². The van der Waals surface area contributed by atoms with E-state index in [1.807, 2.05) is 12.1 Å². The topological polar surface area (TPSA) is 46.4 Å². The molecule has 17 heavy (non-hydrogen) atoms. The average Bonchev–Trinajstić information content (AvgIpc) is 2.96. The molecule has 0 radical (unpaired) electrons. The third-order valence-electron chi connectivity index (χ3n) is 2.49. The summed E-state index contributed by atoms with van der Waals surface area (Å²) in [5, 5.41) is 7.16. The molecule has 0 bridgehead atoms. The summed E-state index contributed by atoms with van der Waals surface area (Å²) in [5.41, 5.74) is 0. The van der Waals surface area contributed by atoms with Crippen molar-refractivity contribution < 1.29 is 9.15 Å². The molecule has 2 rings (SSSR count). The number of hydrogen-bond donors (Lipinski definition) is 2. The molecule has 1 fully saturated rings. The zero-order valence-corrected chi connectivity index (χ0v) is 10.6. The van der Waals surface area contributed by atoms with E-state index in [2.05, 4.69) is 10.6 Å². The van der Waals surface area contributed by atoms with Crippen LogP contribution in [0.4, 0.5) is 0 Å². The molecule has 0 atom stereocenters. The van der Waals surface area contributed by atoms with Gasteiger partial charge in [-0.25, -0.2) is 0 Å². The van der Waals surface area contributed by atoms with Crippen LogP contribution in [-0.2, 0) is 11.3 Å². The van der Waals surface area contributed by atoms with Crippen molar-refractivity contribution in [3.05, 3.63) is 24.2 Å². The van der Waals surface area contributed by atoms with Gasteiger partial charge in [-0.05, 0) is 43.6 Å². The van der Waals surface area contributed by atoms with E-state index in [1.165, 1.54) is 12.8 Å². The van der Waals surface area contributed by atoms with Crippen LogP contribution < -0.4 is 10.6 Å². The average molecular weight is 254 g/mol.